The lowest BCUT2D eigenvalue weighted by Gasteiger charge is -2.51. The van der Waals surface area contributed by atoms with Gasteiger partial charge < -0.3 is 19.4 Å². The van der Waals surface area contributed by atoms with Gasteiger partial charge in [-0.2, -0.15) is 13.2 Å². The molecule has 1 aromatic carbocycles. The van der Waals surface area contributed by atoms with Gasteiger partial charge in [-0.1, -0.05) is 19.1 Å². The molecule has 0 saturated carbocycles. The van der Waals surface area contributed by atoms with E-state index >= 15 is 0 Å². The van der Waals surface area contributed by atoms with Crippen LogP contribution in [0.1, 0.15) is 53.1 Å². The molecule has 174 valence electrons. The lowest BCUT2D eigenvalue weighted by molar-refractivity contribution is -0.138. The van der Waals surface area contributed by atoms with E-state index in [1.54, 1.807) is 14.0 Å². The van der Waals surface area contributed by atoms with Crippen LogP contribution in [0.3, 0.4) is 0 Å². The number of hydrogen-bond donors (Lipinski definition) is 1. The minimum absolute atomic E-state index is 0.0113. The van der Waals surface area contributed by atoms with Gasteiger partial charge in [0.15, 0.2) is 0 Å². The van der Waals surface area contributed by atoms with Gasteiger partial charge in [-0.05, 0) is 68.5 Å². The van der Waals surface area contributed by atoms with Gasteiger partial charge in [0.1, 0.15) is 11.4 Å². The van der Waals surface area contributed by atoms with E-state index in [-0.39, 0.29) is 29.9 Å². The highest BCUT2D eigenvalue weighted by molar-refractivity contribution is 5.90. The van der Waals surface area contributed by atoms with Gasteiger partial charge in [0.2, 0.25) is 0 Å². The number of methoxy groups -OCH3 is 1. The third kappa shape index (κ3) is 3.78. The fourth-order valence-electron chi connectivity index (χ4n) is 5.53. The molecule has 1 N–H and O–H groups in total. The average molecular weight is 451 g/mol. The average Bonchev–Trinajstić information content (AvgIpc) is 3.15. The van der Waals surface area contributed by atoms with E-state index in [0.29, 0.717) is 18.7 Å². The second-order valence-corrected chi connectivity index (χ2v) is 8.66. The van der Waals surface area contributed by atoms with Crippen LogP contribution in [0, 0.1) is 5.92 Å². The predicted molar refractivity (Wildman–Crippen MR) is 114 cm³/mol. The fourth-order valence-corrected chi connectivity index (χ4v) is 5.53. The van der Waals surface area contributed by atoms with Crippen molar-refractivity contribution in [2.24, 2.45) is 5.92 Å². The molecule has 2 atom stereocenters. The number of nitrogens with one attached hydrogen (secondary N) is 1. The summed E-state index contributed by atoms with van der Waals surface area (Å²) in [5, 5.41) is 0. The highest BCUT2D eigenvalue weighted by atomic mass is 19.4. The van der Waals surface area contributed by atoms with Crippen LogP contribution in [-0.4, -0.2) is 49.2 Å². The van der Waals surface area contributed by atoms with E-state index in [1.807, 2.05) is 24.3 Å². The molecule has 5 nitrogen and oxygen atoms in total. The lowest BCUT2D eigenvalue weighted by atomic mass is 9.58. The summed E-state index contributed by atoms with van der Waals surface area (Å²) in [6.07, 6.45) is -3.14. The van der Waals surface area contributed by atoms with Crippen molar-refractivity contribution in [2.45, 2.75) is 44.7 Å². The maximum absolute atomic E-state index is 14.1. The Morgan fingerprint density at radius 2 is 2.09 bits per heavy atom. The van der Waals surface area contributed by atoms with Crippen LogP contribution >= 0.6 is 0 Å². The number of halogens is 3. The zero-order valence-corrected chi connectivity index (χ0v) is 18.6. The zero-order valence-electron chi connectivity index (χ0n) is 18.6. The van der Waals surface area contributed by atoms with Crippen molar-refractivity contribution in [1.29, 1.82) is 0 Å². The maximum atomic E-state index is 14.1. The van der Waals surface area contributed by atoms with E-state index in [4.69, 9.17) is 9.47 Å². The second-order valence-electron chi connectivity index (χ2n) is 8.66. The highest BCUT2D eigenvalue weighted by Gasteiger charge is 2.51. The number of esters is 1. The normalized spacial score (nSPS) is 23.4. The Hall–Kier alpha value is -2.48. The van der Waals surface area contributed by atoms with Crippen LogP contribution in [0.4, 0.5) is 13.2 Å². The molecule has 4 rings (SSSR count). The number of aromatic nitrogens is 1. The van der Waals surface area contributed by atoms with Gasteiger partial charge in [-0.3, -0.25) is 0 Å². The summed E-state index contributed by atoms with van der Waals surface area (Å²) in [4.78, 5) is 17.5. The molecule has 0 radical (unpaired) electrons. The first-order chi connectivity index (χ1) is 15.2. The van der Waals surface area contributed by atoms with E-state index in [0.717, 1.165) is 30.8 Å². The van der Waals surface area contributed by atoms with Crippen LogP contribution < -0.4 is 4.74 Å². The minimum Gasteiger partial charge on any atom is -0.497 e. The Morgan fingerprint density at radius 3 is 2.75 bits per heavy atom. The summed E-state index contributed by atoms with van der Waals surface area (Å²) in [5.41, 5.74) is 0.109. The van der Waals surface area contributed by atoms with E-state index in [2.05, 4.69) is 16.8 Å². The molecular weight excluding hydrogens is 421 g/mol. The molecule has 32 heavy (non-hydrogen) atoms. The van der Waals surface area contributed by atoms with E-state index in [9.17, 15) is 18.0 Å². The molecule has 1 aliphatic carbocycles. The number of rotatable bonds is 5. The number of aromatic amines is 1. The molecule has 0 amide bonds. The van der Waals surface area contributed by atoms with Crippen molar-refractivity contribution >= 4 is 5.97 Å². The van der Waals surface area contributed by atoms with Gasteiger partial charge in [0, 0.05) is 17.7 Å². The van der Waals surface area contributed by atoms with E-state index < -0.39 is 23.4 Å². The Labute approximate surface area is 185 Å². The van der Waals surface area contributed by atoms with Crippen LogP contribution in [0.2, 0.25) is 0 Å². The monoisotopic (exact) mass is 450 g/mol. The molecule has 1 aromatic heterocycles. The van der Waals surface area contributed by atoms with Crippen molar-refractivity contribution in [3.8, 4) is 5.75 Å². The smallest absolute Gasteiger partial charge is 0.419 e. The number of nitrogens with zero attached hydrogens (tertiary/aromatic N) is 1. The predicted octanol–water partition coefficient (Wildman–Crippen LogP) is 4.60. The Balaban J connectivity index is 1.86. The van der Waals surface area contributed by atoms with Crippen LogP contribution in [-0.2, 0) is 29.2 Å². The number of likely N-dealkylation sites (tertiary alicyclic amines) is 1. The molecule has 2 aromatic rings. The molecule has 2 aliphatic rings. The van der Waals surface area contributed by atoms with Gasteiger partial charge in [0.05, 0.1) is 19.3 Å². The van der Waals surface area contributed by atoms with Gasteiger partial charge >= 0.3 is 12.1 Å². The molecule has 0 unspecified atom stereocenters. The summed E-state index contributed by atoms with van der Waals surface area (Å²) >= 11 is 0. The molecule has 1 aliphatic heterocycles. The molecule has 8 heteroatoms. The molecule has 0 spiro atoms. The quantitative estimate of drug-likeness (QED) is 0.677. The number of alkyl halides is 3. The number of carbonyl (C=O) groups excluding carboxylic acids is 1. The Morgan fingerprint density at radius 1 is 1.31 bits per heavy atom. The summed E-state index contributed by atoms with van der Waals surface area (Å²) in [5.74, 6) is -0.236. The SMILES string of the molecule is CCOC(=O)c1[nH]c2c(c1C(F)(F)F)C[C@H]1CN(CC)CC[C@]1(c1cccc(OC)c1)C2. The molecule has 1 saturated heterocycles. The molecule has 1 fully saturated rings. The summed E-state index contributed by atoms with van der Waals surface area (Å²) in [6, 6.07) is 7.85. The number of carbonyl (C=O) groups is 1. The van der Waals surface area contributed by atoms with Crippen LogP contribution in [0.15, 0.2) is 24.3 Å². The third-order valence-electron chi connectivity index (χ3n) is 7.12. The topological polar surface area (TPSA) is 54.6 Å². The molecule has 2 heterocycles. The molecule has 0 bridgehead atoms. The lowest BCUT2D eigenvalue weighted by Crippen LogP contribution is -2.53. The van der Waals surface area contributed by atoms with Gasteiger partial charge in [-0.25, -0.2) is 4.79 Å². The number of hydrogen-bond acceptors (Lipinski definition) is 4. The van der Waals surface area contributed by atoms with Crippen molar-refractivity contribution in [3.05, 3.63) is 52.3 Å². The number of piperidine rings is 1. The maximum Gasteiger partial charge on any atom is 0.419 e. The third-order valence-corrected chi connectivity index (χ3v) is 7.12. The minimum atomic E-state index is -4.64. The summed E-state index contributed by atoms with van der Waals surface area (Å²) in [7, 11) is 1.61. The number of fused-ring (bicyclic) bond motifs is 2. The number of H-pyrrole nitrogens is 1. The van der Waals surface area contributed by atoms with Gasteiger partial charge in [0.25, 0.3) is 0 Å². The van der Waals surface area contributed by atoms with Crippen molar-refractivity contribution in [2.75, 3.05) is 33.4 Å². The largest absolute Gasteiger partial charge is 0.497 e. The standard InChI is InChI=1S/C24H29F3N2O3/c1-4-29-10-9-23(15-7-6-8-17(11-15)31-3)13-19-18(12-16(23)14-29)20(24(25,26)27)21(28-19)22(30)32-5-2/h6-8,11,16,28H,4-5,9-10,12-14H2,1-3H3/t16-,23+/m0/s1. The zero-order chi connectivity index (χ0) is 23.1. The second kappa shape index (κ2) is 8.46. The molecular formula is C24H29F3N2O3. The summed E-state index contributed by atoms with van der Waals surface area (Å²) < 4.78 is 52.7. The first kappa shape index (κ1) is 22.7. The van der Waals surface area contributed by atoms with E-state index in [1.165, 1.54) is 0 Å². The first-order valence-corrected chi connectivity index (χ1v) is 11.1. The van der Waals surface area contributed by atoms with Crippen molar-refractivity contribution in [1.82, 2.24) is 9.88 Å². The fraction of sp³-hybridized carbons (Fsp3) is 0.542. The van der Waals surface area contributed by atoms with Crippen molar-refractivity contribution < 1.29 is 27.4 Å². The highest BCUT2D eigenvalue weighted by Crippen LogP contribution is 2.51. The summed E-state index contributed by atoms with van der Waals surface area (Å²) in [6.45, 7) is 6.11. The van der Waals surface area contributed by atoms with Gasteiger partial charge in [-0.15, -0.1) is 0 Å². The Kier molecular flexibility index (Phi) is 6.00. The first-order valence-electron chi connectivity index (χ1n) is 11.1. The van der Waals surface area contributed by atoms with Crippen molar-refractivity contribution in [3.63, 3.8) is 0 Å². The Bertz CT molecular complexity index is 1000. The van der Waals surface area contributed by atoms with Crippen LogP contribution in [0.25, 0.3) is 0 Å². The van der Waals surface area contributed by atoms with Crippen LogP contribution in [0.5, 0.6) is 5.75 Å². The number of benzene rings is 1. The number of ether oxygens (including phenoxy) is 2.